The number of hydrogen-bond donors (Lipinski definition) is 2. The Bertz CT molecular complexity index is 2000. The van der Waals surface area contributed by atoms with E-state index in [1.54, 1.807) is 46.7 Å². The number of aliphatic hydroxyl groups is 2. The minimum atomic E-state index is -1.50. The minimum Gasteiger partial charge on any atom is -0.462 e. The quantitative estimate of drug-likeness (QED) is 0.103. The average Bonchev–Trinajstić information content (AvgIpc) is 3.23. The number of aldehydes is 1. The van der Waals surface area contributed by atoms with Crippen LogP contribution in [-0.4, -0.2) is 163 Å². The third kappa shape index (κ3) is 14.6. The summed E-state index contributed by atoms with van der Waals surface area (Å²) in [6.45, 7) is 14.6. The zero-order valence-corrected chi connectivity index (χ0v) is 42.0. The van der Waals surface area contributed by atoms with E-state index in [-0.39, 0.29) is 43.6 Å². The summed E-state index contributed by atoms with van der Waals surface area (Å²) < 4.78 is 49.7. The summed E-state index contributed by atoms with van der Waals surface area (Å²) in [6, 6.07) is 9.10. The van der Waals surface area contributed by atoms with Crippen LogP contribution in [0.5, 0.6) is 0 Å². The molecule has 0 bridgehead atoms. The van der Waals surface area contributed by atoms with Gasteiger partial charge in [-0.3, -0.25) is 24.3 Å². The standard InChI is InChI=1S/C51H77N3O14/c1-29(2)22-41(57)66-49-33(6)63-43(26-51(49,8)60)67-46-32(5)64-50(45(59)44(46)53(9)10)68-47-37(20-21-55)23-30(3)39(54(11)28-35-24-36-17-13-14-18-38(36)52-27-35)19-15-16-31(4)62-42(58)25-40(48(47)61-12)65-34(7)56/h13-15,17-19,21,24,27,29-33,37,39-40,43-50,59-60H,16,20,22-23,25-26,28H2,1-12H3/b19-15+/t30-,31-,32-,33+,37+,39+,40-,43+,44-,45-,46?,47+,48+,49+,50+,51-/m1/s1. The van der Waals surface area contributed by atoms with Crippen molar-refractivity contribution in [3.63, 3.8) is 0 Å². The molecule has 5 rings (SSSR count). The fraction of sp³-hybridized carbons (Fsp3) is 0.706. The summed E-state index contributed by atoms with van der Waals surface area (Å²) in [7, 11) is 7.00. The van der Waals surface area contributed by atoms with Crippen molar-refractivity contribution in [2.75, 3.05) is 28.3 Å². The molecule has 0 saturated carbocycles. The molecule has 1 aromatic carbocycles. The Morgan fingerprint density at radius 2 is 1.74 bits per heavy atom. The molecule has 0 amide bonds. The number of carbonyl (C=O) groups excluding carboxylic acids is 4. The lowest BCUT2D eigenvalue weighted by atomic mass is 9.81. The number of pyridine rings is 1. The van der Waals surface area contributed by atoms with E-state index in [0.717, 1.165) is 22.8 Å². The molecule has 2 aromatic rings. The maximum Gasteiger partial charge on any atom is 0.309 e. The Hall–Kier alpha value is -3.91. The van der Waals surface area contributed by atoms with Gasteiger partial charge in [0.1, 0.15) is 42.4 Å². The molecular weight excluding hydrogens is 879 g/mol. The largest absolute Gasteiger partial charge is 0.462 e. The molecule has 3 aliphatic rings. The first kappa shape index (κ1) is 55.0. The molecule has 0 radical (unpaired) electrons. The number of methoxy groups -OCH3 is 1. The van der Waals surface area contributed by atoms with Gasteiger partial charge in [-0.25, -0.2) is 0 Å². The van der Waals surface area contributed by atoms with E-state index < -0.39 is 103 Å². The number of benzene rings is 1. The summed E-state index contributed by atoms with van der Waals surface area (Å²) in [5.74, 6) is -2.39. The van der Waals surface area contributed by atoms with Crippen LogP contribution in [0, 0.1) is 17.8 Å². The number of aromatic nitrogens is 1. The maximum absolute atomic E-state index is 13.6. The highest BCUT2D eigenvalue weighted by molar-refractivity contribution is 5.78. The second-order valence-corrected chi connectivity index (χ2v) is 20.0. The van der Waals surface area contributed by atoms with Gasteiger partial charge < -0.3 is 57.8 Å². The molecule has 4 heterocycles. The van der Waals surface area contributed by atoms with Crippen molar-refractivity contribution in [2.24, 2.45) is 17.8 Å². The number of rotatable bonds is 15. The van der Waals surface area contributed by atoms with Crippen molar-refractivity contribution in [1.82, 2.24) is 14.8 Å². The number of cyclic esters (lactones) is 1. The Balaban J connectivity index is 1.46. The summed E-state index contributed by atoms with van der Waals surface area (Å²) >= 11 is 0. The van der Waals surface area contributed by atoms with E-state index in [4.69, 9.17) is 37.9 Å². The molecule has 380 valence electrons. The van der Waals surface area contributed by atoms with Crippen LogP contribution in [0.25, 0.3) is 10.9 Å². The lowest BCUT2D eigenvalue weighted by Gasteiger charge is -2.50. The van der Waals surface area contributed by atoms with Crippen LogP contribution in [0.15, 0.2) is 48.7 Å². The van der Waals surface area contributed by atoms with Crippen LogP contribution < -0.4 is 0 Å². The molecule has 0 aliphatic carbocycles. The van der Waals surface area contributed by atoms with E-state index in [2.05, 4.69) is 29.0 Å². The molecule has 17 nitrogen and oxygen atoms in total. The number of likely N-dealkylation sites (N-methyl/N-ethyl adjacent to an activating group) is 2. The predicted octanol–water partition coefficient (Wildman–Crippen LogP) is 5.15. The molecule has 17 heteroatoms. The molecule has 2 saturated heterocycles. The van der Waals surface area contributed by atoms with E-state index in [1.807, 2.05) is 57.4 Å². The summed E-state index contributed by atoms with van der Waals surface area (Å²) in [5.41, 5.74) is 0.410. The number of fused-ring (bicyclic) bond motifs is 1. The Morgan fingerprint density at radius 1 is 1.01 bits per heavy atom. The van der Waals surface area contributed by atoms with Gasteiger partial charge in [0.05, 0.1) is 36.3 Å². The van der Waals surface area contributed by atoms with Crippen molar-refractivity contribution in [1.29, 1.82) is 0 Å². The van der Waals surface area contributed by atoms with Crippen molar-refractivity contribution < 1.29 is 67.3 Å². The van der Waals surface area contributed by atoms with Gasteiger partial charge in [0.25, 0.3) is 0 Å². The van der Waals surface area contributed by atoms with Crippen LogP contribution in [0.2, 0.25) is 0 Å². The molecular formula is C51H77N3O14. The first-order chi connectivity index (χ1) is 32.1. The van der Waals surface area contributed by atoms with E-state index in [1.165, 1.54) is 14.0 Å². The normalized spacial score (nSPS) is 36.0. The van der Waals surface area contributed by atoms with Crippen molar-refractivity contribution in [2.45, 2.75) is 186 Å². The van der Waals surface area contributed by atoms with Crippen LogP contribution in [0.4, 0.5) is 0 Å². The molecule has 1 unspecified atom stereocenters. The first-order valence-electron chi connectivity index (χ1n) is 24.0. The van der Waals surface area contributed by atoms with Crippen molar-refractivity contribution in [3.05, 3.63) is 54.2 Å². The molecule has 2 N–H and O–H groups in total. The molecule has 16 atom stereocenters. The van der Waals surface area contributed by atoms with Crippen molar-refractivity contribution in [3.8, 4) is 0 Å². The van der Waals surface area contributed by atoms with Gasteiger partial charge in [-0.1, -0.05) is 51.1 Å². The van der Waals surface area contributed by atoms with Gasteiger partial charge in [-0.15, -0.1) is 0 Å². The third-order valence-electron chi connectivity index (χ3n) is 13.3. The summed E-state index contributed by atoms with van der Waals surface area (Å²) in [6.07, 6.45) is -3.51. The lowest BCUT2D eigenvalue weighted by Crippen LogP contribution is -2.66. The fourth-order valence-corrected chi connectivity index (χ4v) is 10.1. The Labute approximate surface area is 402 Å². The summed E-state index contributed by atoms with van der Waals surface area (Å²) in [5, 5.41) is 24.9. The lowest BCUT2D eigenvalue weighted by molar-refractivity contribution is -0.344. The van der Waals surface area contributed by atoms with Gasteiger partial charge >= 0.3 is 17.9 Å². The number of carbonyl (C=O) groups is 4. The van der Waals surface area contributed by atoms with Gasteiger partial charge in [-0.2, -0.15) is 0 Å². The SMILES string of the molecule is CO[C@@H]1[C@@H](O[C@@H]2O[C@H](C)C(O[C@H]3C[C@@](C)(O)[C@@H](OC(=O)CC(C)C)[C@H](C)O3)[C@H](N(C)C)[C@H]2O)[C@@H](CC=O)C[C@@H](C)[C@@H](N(C)Cc2cnc3ccccc3c2)/C=C/C[C@@H](C)OC(=O)C[C@H]1OC(C)=O. The number of esters is 3. The minimum absolute atomic E-state index is 0.00992. The van der Waals surface area contributed by atoms with Crippen LogP contribution >= 0.6 is 0 Å². The van der Waals surface area contributed by atoms with Gasteiger partial charge in [0.2, 0.25) is 0 Å². The molecule has 2 fully saturated rings. The van der Waals surface area contributed by atoms with Crippen LogP contribution in [0.1, 0.15) is 99.5 Å². The van der Waals surface area contributed by atoms with Crippen LogP contribution in [-0.2, 0) is 63.6 Å². The number of ether oxygens (including phenoxy) is 8. The topological polar surface area (TPSA) is 202 Å². The summed E-state index contributed by atoms with van der Waals surface area (Å²) in [4.78, 5) is 60.3. The molecule has 1 aromatic heterocycles. The second-order valence-electron chi connectivity index (χ2n) is 20.0. The third-order valence-corrected chi connectivity index (χ3v) is 13.3. The van der Waals surface area contributed by atoms with Crippen molar-refractivity contribution >= 4 is 35.1 Å². The van der Waals surface area contributed by atoms with Gasteiger partial charge in [0.15, 0.2) is 18.7 Å². The Kier molecular flexibility index (Phi) is 20.0. The van der Waals surface area contributed by atoms with E-state index >= 15 is 0 Å². The van der Waals surface area contributed by atoms with E-state index in [9.17, 15) is 29.4 Å². The van der Waals surface area contributed by atoms with Crippen LogP contribution in [0.3, 0.4) is 0 Å². The highest BCUT2D eigenvalue weighted by Gasteiger charge is 2.53. The highest BCUT2D eigenvalue weighted by atomic mass is 16.7. The predicted molar refractivity (Wildman–Crippen MR) is 252 cm³/mol. The number of nitrogens with zero attached hydrogens (tertiary/aromatic N) is 3. The van der Waals surface area contributed by atoms with Gasteiger partial charge in [-0.05, 0) is 90.7 Å². The second kappa shape index (κ2) is 24.8. The average molecular weight is 956 g/mol. The zero-order chi connectivity index (χ0) is 50.0. The monoisotopic (exact) mass is 956 g/mol. The number of aliphatic hydroxyl groups excluding tert-OH is 1. The highest BCUT2D eigenvalue weighted by Crippen LogP contribution is 2.38. The maximum atomic E-state index is 13.6. The molecule has 0 spiro atoms. The molecule has 68 heavy (non-hydrogen) atoms. The molecule has 3 aliphatic heterocycles. The Morgan fingerprint density at radius 3 is 2.38 bits per heavy atom. The van der Waals surface area contributed by atoms with Gasteiger partial charge in [0, 0.05) is 63.9 Å². The number of para-hydroxylation sites is 1. The first-order valence-corrected chi connectivity index (χ1v) is 24.0. The smallest absolute Gasteiger partial charge is 0.309 e. The van der Waals surface area contributed by atoms with E-state index in [0.29, 0.717) is 19.4 Å². The fourth-order valence-electron chi connectivity index (χ4n) is 10.1. The zero-order valence-electron chi connectivity index (χ0n) is 42.0. The number of hydrogen-bond acceptors (Lipinski definition) is 17.